The molecule has 6 heteroatoms. The number of nitrogens with zero attached hydrogens (tertiary/aromatic N) is 1. The van der Waals surface area contributed by atoms with Gasteiger partial charge in [0.15, 0.2) is 0 Å². The molecule has 2 N–H and O–H groups in total. The number of nitrogens with one attached hydrogen (secondary N) is 1. The average Bonchev–Trinajstić information content (AvgIpc) is 2.46. The van der Waals surface area contributed by atoms with Gasteiger partial charge in [-0.1, -0.05) is 26.2 Å². The summed E-state index contributed by atoms with van der Waals surface area (Å²) in [6.45, 7) is 3.59. The highest BCUT2D eigenvalue weighted by atomic mass is 32.2. The molecule has 21 heavy (non-hydrogen) atoms. The third-order valence-electron chi connectivity index (χ3n) is 4.63. The second-order valence-electron chi connectivity index (χ2n) is 6.55. The van der Waals surface area contributed by atoms with E-state index < -0.39 is 5.97 Å². The Morgan fingerprint density at radius 2 is 2.05 bits per heavy atom. The molecule has 2 fully saturated rings. The maximum atomic E-state index is 12.4. The van der Waals surface area contributed by atoms with Crippen LogP contribution in [0.1, 0.15) is 45.4 Å². The number of aliphatic carboxylic acids is 1. The van der Waals surface area contributed by atoms with Crippen LogP contribution in [0.25, 0.3) is 0 Å². The molecule has 0 radical (unpaired) electrons. The Morgan fingerprint density at radius 3 is 2.71 bits per heavy atom. The van der Waals surface area contributed by atoms with Crippen LogP contribution in [0.3, 0.4) is 0 Å². The lowest BCUT2D eigenvalue weighted by atomic mass is 9.76. The van der Waals surface area contributed by atoms with E-state index in [4.69, 9.17) is 5.11 Å². The number of carbonyl (C=O) groups excluding carboxylic acids is 1. The lowest BCUT2D eigenvalue weighted by Gasteiger charge is -2.37. The molecule has 1 atom stereocenters. The second-order valence-corrected chi connectivity index (χ2v) is 7.70. The summed E-state index contributed by atoms with van der Waals surface area (Å²) in [5.41, 5.74) is 0.209. The molecule has 2 aliphatic rings. The van der Waals surface area contributed by atoms with Crippen LogP contribution in [0.15, 0.2) is 0 Å². The number of carbonyl (C=O) groups is 2. The minimum absolute atomic E-state index is 0.0394. The standard InChI is InChI=1S/C15H26N2O3S/c1-15(5-3-2-4-6-15)11-16-14(20)17-7-8-21-10-12(17)9-13(18)19/h12H,2-11H2,1H3,(H,16,20)(H,18,19). The lowest BCUT2D eigenvalue weighted by molar-refractivity contribution is -0.138. The van der Waals surface area contributed by atoms with E-state index in [1.807, 2.05) is 0 Å². The summed E-state index contributed by atoms with van der Waals surface area (Å²) in [4.78, 5) is 25.0. The normalized spacial score (nSPS) is 25.4. The zero-order valence-electron chi connectivity index (χ0n) is 12.8. The predicted octanol–water partition coefficient (Wildman–Crippen LogP) is 2.56. The van der Waals surface area contributed by atoms with Gasteiger partial charge in [0.25, 0.3) is 0 Å². The van der Waals surface area contributed by atoms with Gasteiger partial charge in [0.2, 0.25) is 0 Å². The van der Waals surface area contributed by atoms with E-state index in [2.05, 4.69) is 12.2 Å². The van der Waals surface area contributed by atoms with Crippen molar-refractivity contribution in [1.82, 2.24) is 10.2 Å². The van der Waals surface area contributed by atoms with Gasteiger partial charge in [-0.25, -0.2) is 4.79 Å². The van der Waals surface area contributed by atoms with Crippen molar-refractivity contribution in [2.45, 2.75) is 51.5 Å². The molecule has 1 heterocycles. The first-order chi connectivity index (χ1) is 10.0. The molecule has 5 nitrogen and oxygen atoms in total. The number of hydrogen-bond donors (Lipinski definition) is 2. The molecule has 0 aromatic rings. The summed E-state index contributed by atoms with van der Waals surface area (Å²) in [6, 6.07) is -0.270. The molecule has 120 valence electrons. The summed E-state index contributed by atoms with van der Waals surface area (Å²) in [5.74, 6) is 0.775. The van der Waals surface area contributed by atoms with Gasteiger partial charge in [-0.2, -0.15) is 11.8 Å². The van der Waals surface area contributed by atoms with Gasteiger partial charge < -0.3 is 15.3 Å². The van der Waals surface area contributed by atoms with E-state index in [1.165, 1.54) is 32.1 Å². The molecule has 1 aliphatic heterocycles. The van der Waals surface area contributed by atoms with Crippen molar-refractivity contribution in [3.05, 3.63) is 0 Å². The van der Waals surface area contributed by atoms with Gasteiger partial charge in [0.05, 0.1) is 12.5 Å². The highest BCUT2D eigenvalue weighted by Crippen LogP contribution is 2.35. The zero-order chi connectivity index (χ0) is 15.3. The average molecular weight is 314 g/mol. The largest absolute Gasteiger partial charge is 0.481 e. The van der Waals surface area contributed by atoms with Crippen LogP contribution < -0.4 is 5.32 Å². The molecule has 0 aromatic heterocycles. The minimum Gasteiger partial charge on any atom is -0.481 e. The van der Waals surface area contributed by atoms with Gasteiger partial charge in [0, 0.05) is 24.6 Å². The van der Waals surface area contributed by atoms with Gasteiger partial charge in [-0.3, -0.25) is 4.79 Å². The van der Waals surface area contributed by atoms with E-state index in [0.29, 0.717) is 13.1 Å². The molecule has 1 aliphatic carbocycles. The van der Waals surface area contributed by atoms with Crippen LogP contribution in [0.5, 0.6) is 0 Å². The van der Waals surface area contributed by atoms with E-state index >= 15 is 0 Å². The molecule has 0 aromatic carbocycles. The predicted molar refractivity (Wildman–Crippen MR) is 84.7 cm³/mol. The smallest absolute Gasteiger partial charge is 0.317 e. The van der Waals surface area contributed by atoms with E-state index in [-0.39, 0.29) is 23.9 Å². The quantitative estimate of drug-likeness (QED) is 0.837. The minimum atomic E-state index is -0.834. The number of hydrogen-bond acceptors (Lipinski definition) is 3. The maximum absolute atomic E-state index is 12.4. The van der Waals surface area contributed by atoms with Gasteiger partial charge in [-0.05, 0) is 18.3 Å². The molecular weight excluding hydrogens is 288 g/mol. The molecule has 2 amide bonds. The van der Waals surface area contributed by atoms with Crippen molar-refractivity contribution in [2.75, 3.05) is 24.6 Å². The number of amides is 2. The van der Waals surface area contributed by atoms with Crippen LogP contribution in [-0.4, -0.2) is 52.6 Å². The highest BCUT2D eigenvalue weighted by molar-refractivity contribution is 7.99. The number of rotatable bonds is 4. The first-order valence-corrected chi connectivity index (χ1v) is 9.00. The summed E-state index contributed by atoms with van der Waals surface area (Å²) in [7, 11) is 0. The van der Waals surface area contributed by atoms with Crippen LogP contribution >= 0.6 is 11.8 Å². The number of carboxylic acid groups (broad SMARTS) is 1. The SMILES string of the molecule is CC1(CNC(=O)N2CCSCC2CC(=O)O)CCCCC1. The highest BCUT2D eigenvalue weighted by Gasteiger charge is 2.31. The Bertz CT molecular complexity index is 383. The van der Waals surface area contributed by atoms with E-state index in [9.17, 15) is 9.59 Å². The molecule has 1 saturated carbocycles. The maximum Gasteiger partial charge on any atom is 0.317 e. The van der Waals surface area contributed by atoms with Crippen LogP contribution in [0.4, 0.5) is 4.79 Å². The van der Waals surface area contributed by atoms with Gasteiger partial charge >= 0.3 is 12.0 Å². The summed E-state index contributed by atoms with van der Waals surface area (Å²) in [6.07, 6.45) is 6.16. The fraction of sp³-hybridized carbons (Fsp3) is 0.867. The Kier molecular flexibility index (Phi) is 5.79. The first-order valence-electron chi connectivity index (χ1n) is 7.84. The summed E-state index contributed by atoms with van der Waals surface area (Å²) >= 11 is 1.73. The van der Waals surface area contributed by atoms with E-state index in [0.717, 1.165) is 11.5 Å². The molecule has 0 bridgehead atoms. The van der Waals surface area contributed by atoms with Crippen molar-refractivity contribution < 1.29 is 14.7 Å². The van der Waals surface area contributed by atoms with Crippen molar-refractivity contribution in [3.8, 4) is 0 Å². The number of urea groups is 1. The van der Waals surface area contributed by atoms with E-state index in [1.54, 1.807) is 16.7 Å². The Hall–Kier alpha value is -0.910. The zero-order valence-corrected chi connectivity index (χ0v) is 13.6. The topological polar surface area (TPSA) is 69.6 Å². The molecule has 0 spiro atoms. The van der Waals surface area contributed by atoms with Crippen molar-refractivity contribution >= 4 is 23.8 Å². The third kappa shape index (κ3) is 4.80. The molecule has 2 rings (SSSR count). The summed E-state index contributed by atoms with van der Waals surface area (Å²) < 4.78 is 0. The fourth-order valence-electron chi connectivity index (χ4n) is 3.27. The number of carboxylic acids is 1. The van der Waals surface area contributed by atoms with Crippen molar-refractivity contribution in [2.24, 2.45) is 5.41 Å². The lowest BCUT2D eigenvalue weighted by Crippen LogP contribution is -2.52. The van der Waals surface area contributed by atoms with Crippen LogP contribution in [-0.2, 0) is 4.79 Å². The van der Waals surface area contributed by atoms with Crippen molar-refractivity contribution in [3.63, 3.8) is 0 Å². The first kappa shape index (κ1) is 16.5. The van der Waals surface area contributed by atoms with Gasteiger partial charge in [-0.15, -0.1) is 0 Å². The number of thioether (sulfide) groups is 1. The summed E-state index contributed by atoms with van der Waals surface area (Å²) in [5, 5.41) is 12.0. The molecule has 1 unspecified atom stereocenters. The second kappa shape index (κ2) is 7.38. The monoisotopic (exact) mass is 314 g/mol. The van der Waals surface area contributed by atoms with Crippen LogP contribution in [0, 0.1) is 5.41 Å². The van der Waals surface area contributed by atoms with Crippen LogP contribution in [0.2, 0.25) is 0 Å². The third-order valence-corrected chi connectivity index (χ3v) is 5.72. The van der Waals surface area contributed by atoms with Gasteiger partial charge in [0.1, 0.15) is 0 Å². The fourth-order valence-corrected chi connectivity index (χ4v) is 4.33. The molecular formula is C15H26N2O3S. The Morgan fingerprint density at radius 1 is 1.33 bits per heavy atom. The van der Waals surface area contributed by atoms with Crippen molar-refractivity contribution in [1.29, 1.82) is 0 Å². The molecule has 1 saturated heterocycles. The Balaban J connectivity index is 1.86. The Labute approximate surface area is 130 Å².